The molecule has 3 aromatic rings. The molecule has 0 radical (unpaired) electrons. The fourth-order valence-electron chi connectivity index (χ4n) is 4.71. The number of amides is 2. The molecule has 1 aromatic carbocycles. The van der Waals surface area contributed by atoms with Gasteiger partial charge in [-0.3, -0.25) is 9.59 Å². The van der Waals surface area contributed by atoms with Gasteiger partial charge in [0.15, 0.2) is 24.8 Å². The van der Waals surface area contributed by atoms with Gasteiger partial charge in [0.25, 0.3) is 11.8 Å². The Bertz CT molecular complexity index is 1050. The van der Waals surface area contributed by atoms with E-state index in [0.29, 0.717) is 22.5 Å². The van der Waals surface area contributed by atoms with E-state index in [1.807, 2.05) is 49.1 Å². The van der Waals surface area contributed by atoms with Crippen LogP contribution in [0.5, 0.6) is 0 Å². The third-order valence-corrected chi connectivity index (χ3v) is 7.25. The molecule has 0 atom stereocenters. The minimum Gasteiger partial charge on any atom is -0.322 e. The Morgan fingerprint density at radius 3 is 1.18 bits per heavy atom. The van der Waals surface area contributed by atoms with Gasteiger partial charge in [-0.05, 0) is 37.1 Å². The lowest BCUT2D eigenvalue weighted by Gasteiger charge is -2.08. The Hall–Kier alpha value is -3.54. The van der Waals surface area contributed by atoms with E-state index in [0.717, 1.165) is 25.9 Å². The van der Waals surface area contributed by atoms with E-state index in [1.54, 1.807) is 24.3 Å². The number of nitrogens with one attached hydrogen (secondary N) is 2. The predicted molar refractivity (Wildman–Crippen MR) is 162 cm³/mol. The number of rotatable bonds is 18. The van der Waals surface area contributed by atoms with Crippen LogP contribution in [0, 0.1) is 0 Å². The quantitative estimate of drug-likeness (QED) is 0.129. The largest absolute Gasteiger partial charge is 0.322 e. The standard InChI is InChI=1S/C34H46N4O2/c1-3-5-7-9-11-13-23-37-25-19-29(20-26-37)33(39)35-31-15-17-32(18-16-31)36-34(40)30-21-27-38(28-22-30)24-14-12-10-8-6-4-2/h15-22,25-28H,3-14,23-24H2,1-2H3/p+2. The molecule has 0 aliphatic rings. The maximum atomic E-state index is 12.7. The van der Waals surface area contributed by atoms with Crippen molar-refractivity contribution in [3.8, 4) is 0 Å². The lowest BCUT2D eigenvalue weighted by Crippen LogP contribution is -2.33. The fourth-order valence-corrected chi connectivity index (χ4v) is 4.71. The maximum absolute atomic E-state index is 12.7. The molecule has 6 nitrogen and oxygen atoms in total. The first-order chi connectivity index (χ1) is 19.6. The average Bonchev–Trinajstić information content (AvgIpc) is 2.98. The van der Waals surface area contributed by atoms with E-state index in [-0.39, 0.29) is 11.8 Å². The summed E-state index contributed by atoms with van der Waals surface area (Å²) in [7, 11) is 0. The molecule has 0 spiro atoms. The van der Waals surface area contributed by atoms with Crippen molar-refractivity contribution in [2.24, 2.45) is 0 Å². The van der Waals surface area contributed by atoms with Crippen LogP contribution in [0.4, 0.5) is 11.4 Å². The normalized spacial score (nSPS) is 10.8. The zero-order valence-corrected chi connectivity index (χ0v) is 24.5. The highest BCUT2D eigenvalue weighted by molar-refractivity contribution is 6.05. The van der Waals surface area contributed by atoms with Gasteiger partial charge >= 0.3 is 0 Å². The summed E-state index contributed by atoms with van der Waals surface area (Å²) in [5.74, 6) is -0.302. The van der Waals surface area contributed by atoms with Crippen LogP contribution in [0.25, 0.3) is 0 Å². The van der Waals surface area contributed by atoms with Gasteiger partial charge in [0.1, 0.15) is 13.1 Å². The minimum atomic E-state index is -0.151. The number of carbonyl (C=O) groups is 2. The summed E-state index contributed by atoms with van der Waals surface area (Å²) in [5, 5.41) is 5.87. The van der Waals surface area contributed by atoms with Crippen LogP contribution in [-0.2, 0) is 13.1 Å². The van der Waals surface area contributed by atoms with Crippen molar-refractivity contribution in [3.63, 3.8) is 0 Å². The highest BCUT2D eigenvalue weighted by Crippen LogP contribution is 2.16. The summed E-state index contributed by atoms with van der Waals surface area (Å²) < 4.78 is 4.27. The molecule has 0 saturated carbocycles. The number of anilines is 2. The maximum Gasteiger partial charge on any atom is 0.256 e. The summed E-state index contributed by atoms with van der Waals surface area (Å²) in [4.78, 5) is 25.4. The summed E-state index contributed by atoms with van der Waals surface area (Å²) in [6, 6.07) is 14.6. The predicted octanol–water partition coefficient (Wildman–Crippen LogP) is 7.49. The average molecular weight is 545 g/mol. The van der Waals surface area contributed by atoms with Crippen molar-refractivity contribution in [1.29, 1.82) is 0 Å². The zero-order valence-electron chi connectivity index (χ0n) is 24.5. The zero-order chi connectivity index (χ0) is 28.4. The highest BCUT2D eigenvalue weighted by atomic mass is 16.2. The minimum absolute atomic E-state index is 0.151. The first-order valence-electron chi connectivity index (χ1n) is 15.3. The molecule has 0 saturated heterocycles. The van der Waals surface area contributed by atoms with E-state index >= 15 is 0 Å². The first-order valence-corrected chi connectivity index (χ1v) is 15.3. The highest BCUT2D eigenvalue weighted by Gasteiger charge is 2.11. The number of carbonyl (C=O) groups excluding carboxylic acids is 2. The lowest BCUT2D eigenvalue weighted by atomic mass is 10.1. The molecule has 0 aliphatic heterocycles. The van der Waals surface area contributed by atoms with E-state index in [2.05, 4.69) is 33.6 Å². The molecule has 6 heteroatoms. The second-order valence-corrected chi connectivity index (χ2v) is 10.7. The molecular weight excluding hydrogens is 496 g/mol. The molecule has 2 heterocycles. The fraction of sp³-hybridized carbons (Fsp3) is 0.471. The van der Waals surface area contributed by atoms with Crippen molar-refractivity contribution < 1.29 is 18.7 Å². The molecule has 2 amide bonds. The third kappa shape index (κ3) is 11.3. The molecule has 0 fully saturated rings. The number of hydrogen-bond acceptors (Lipinski definition) is 2. The van der Waals surface area contributed by atoms with Gasteiger partial charge in [0.2, 0.25) is 0 Å². The smallest absolute Gasteiger partial charge is 0.256 e. The first kappa shape index (κ1) is 31.0. The number of hydrogen-bond donors (Lipinski definition) is 2. The van der Waals surface area contributed by atoms with Crippen molar-refractivity contribution >= 4 is 23.2 Å². The van der Waals surface area contributed by atoms with Gasteiger partial charge in [-0.15, -0.1) is 0 Å². The molecule has 214 valence electrons. The molecule has 0 bridgehead atoms. The van der Waals surface area contributed by atoms with Gasteiger partial charge < -0.3 is 10.6 Å². The van der Waals surface area contributed by atoms with Crippen LogP contribution >= 0.6 is 0 Å². The summed E-state index contributed by atoms with van der Waals surface area (Å²) in [5.41, 5.74) is 2.60. The summed E-state index contributed by atoms with van der Waals surface area (Å²) in [6.07, 6.45) is 23.1. The number of pyridine rings is 2. The Morgan fingerprint density at radius 1 is 0.500 bits per heavy atom. The van der Waals surface area contributed by atoms with E-state index in [4.69, 9.17) is 0 Å². The number of aryl methyl sites for hydroxylation is 2. The van der Waals surface area contributed by atoms with Crippen molar-refractivity contribution in [3.05, 3.63) is 84.4 Å². The SMILES string of the molecule is CCCCCCCC[n+]1ccc(C(=O)Nc2ccc(NC(=O)c3cc[n+](CCCCCCCC)cc3)cc2)cc1. The van der Waals surface area contributed by atoms with Crippen LogP contribution < -0.4 is 19.8 Å². The second-order valence-electron chi connectivity index (χ2n) is 10.7. The van der Waals surface area contributed by atoms with E-state index in [9.17, 15) is 9.59 Å². The van der Waals surface area contributed by atoms with Crippen LogP contribution in [0.15, 0.2) is 73.3 Å². The molecule has 2 aromatic heterocycles. The van der Waals surface area contributed by atoms with Crippen LogP contribution in [0.2, 0.25) is 0 Å². The van der Waals surface area contributed by atoms with Gasteiger partial charge in [-0.25, -0.2) is 9.13 Å². The van der Waals surface area contributed by atoms with Gasteiger partial charge in [0.05, 0.1) is 11.1 Å². The molecular formula is C34H48N4O2+2. The third-order valence-electron chi connectivity index (χ3n) is 7.25. The topological polar surface area (TPSA) is 66.0 Å². The summed E-state index contributed by atoms with van der Waals surface area (Å²) >= 11 is 0. The molecule has 3 rings (SSSR count). The van der Waals surface area contributed by atoms with Crippen LogP contribution in [0.3, 0.4) is 0 Å². The van der Waals surface area contributed by atoms with Crippen molar-refractivity contribution in [2.45, 2.75) is 104 Å². The molecule has 2 N–H and O–H groups in total. The van der Waals surface area contributed by atoms with Gasteiger partial charge in [-0.1, -0.05) is 65.2 Å². The Labute approximate surface area is 240 Å². The number of unbranched alkanes of at least 4 members (excludes halogenated alkanes) is 10. The monoisotopic (exact) mass is 544 g/mol. The van der Waals surface area contributed by atoms with Gasteiger partial charge in [-0.2, -0.15) is 0 Å². The van der Waals surface area contributed by atoms with Crippen LogP contribution in [-0.4, -0.2) is 11.8 Å². The number of benzene rings is 1. The number of nitrogens with zero attached hydrogens (tertiary/aromatic N) is 2. The Balaban J connectivity index is 1.40. The number of aromatic nitrogens is 2. The molecule has 0 aliphatic carbocycles. The van der Waals surface area contributed by atoms with Gasteiger partial charge in [0, 0.05) is 48.5 Å². The van der Waals surface area contributed by atoms with Crippen molar-refractivity contribution in [1.82, 2.24) is 0 Å². The molecule has 0 unspecified atom stereocenters. The Kier molecular flexibility index (Phi) is 13.9. The van der Waals surface area contributed by atoms with E-state index in [1.165, 1.54) is 64.2 Å². The van der Waals surface area contributed by atoms with Crippen molar-refractivity contribution in [2.75, 3.05) is 10.6 Å². The van der Waals surface area contributed by atoms with E-state index < -0.39 is 0 Å². The second kappa shape index (κ2) is 17.9. The van der Waals surface area contributed by atoms with Crippen LogP contribution in [0.1, 0.15) is 112 Å². The lowest BCUT2D eigenvalue weighted by molar-refractivity contribution is -0.697. The Morgan fingerprint density at radius 2 is 0.825 bits per heavy atom. The summed E-state index contributed by atoms with van der Waals surface area (Å²) in [6.45, 7) is 6.42. The molecule has 40 heavy (non-hydrogen) atoms.